The fourth-order valence-electron chi connectivity index (χ4n) is 1.54. The fraction of sp³-hybridized carbons (Fsp3) is 1.00. The highest BCUT2D eigenvalue weighted by Gasteiger charge is 2.28. The van der Waals surface area contributed by atoms with Gasteiger partial charge in [-0.1, -0.05) is 0 Å². The van der Waals surface area contributed by atoms with Gasteiger partial charge in [0.15, 0.2) is 0 Å². The summed E-state index contributed by atoms with van der Waals surface area (Å²) in [6.07, 6.45) is 3.60. The Labute approximate surface area is 74.2 Å². The number of nitrogens with two attached hydrogens (primary N) is 1. The van der Waals surface area contributed by atoms with Crippen molar-refractivity contribution in [3.63, 3.8) is 0 Å². The van der Waals surface area contributed by atoms with E-state index < -0.39 is 0 Å². The SMILES string of the molecule is COC(C)(CN)CC1CCCO1. The molecule has 2 atom stereocenters. The van der Waals surface area contributed by atoms with Crippen LogP contribution in [0.4, 0.5) is 0 Å². The first-order valence-electron chi connectivity index (χ1n) is 4.57. The molecule has 12 heavy (non-hydrogen) atoms. The first-order chi connectivity index (χ1) is 5.70. The fourth-order valence-corrected chi connectivity index (χ4v) is 1.54. The molecule has 2 unspecified atom stereocenters. The minimum atomic E-state index is -0.199. The van der Waals surface area contributed by atoms with Gasteiger partial charge in [-0.25, -0.2) is 0 Å². The third-order valence-corrected chi connectivity index (χ3v) is 2.61. The summed E-state index contributed by atoms with van der Waals surface area (Å²) >= 11 is 0. The molecule has 1 aliphatic heterocycles. The lowest BCUT2D eigenvalue weighted by Crippen LogP contribution is -2.39. The van der Waals surface area contributed by atoms with E-state index in [1.165, 1.54) is 6.42 Å². The molecule has 0 spiro atoms. The summed E-state index contributed by atoms with van der Waals surface area (Å²) in [5.41, 5.74) is 5.42. The van der Waals surface area contributed by atoms with E-state index in [-0.39, 0.29) is 5.60 Å². The van der Waals surface area contributed by atoms with Crippen molar-refractivity contribution in [1.82, 2.24) is 0 Å². The van der Waals surface area contributed by atoms with Crippen molar-refractivity contribution < 1.29 is 9.47 Å². The molecular formula is C9H19NO2. The third kappa shape index (κ3) is 2.44. The number of methoxy groups -OCH3 is 1. The molecule has 0 aromatic heterocycles. The summed E-state index contributed by atoms with van der Waals surface area (Å²) in [5, 5.41) is 0. The maximum Gasteiger partial charge on any atom is 0.0797 e. The van der Waals surface area contributed by atoms with Crippen LogP contribution in [0.3, 0.4) is 0 Å². The van der Waals surface area contributed by atoms with Crippen molar-refractivity contribution in [2.24, 2.45) is 5.73 Å². The smallest absolute Gasteiger partial charge is 0.0797 e. The third-order valence-electron chi connectivity index (χ3n) is 2.61. The molecule has 0 aromatic rings. The second-order valence-electron chi connectivity index (χ2n) is 3.70. The second kappa shape index (κ2) is 4.21. The Morgan fingerprint density at radius 3 is 2.83 bits per heavy atom. The van der Waals surface area contributed by atoms with E-state index in [4.69, 9.17) is 15.2 Å². The van der Waals surface area contributed by atoms with Gasteiger partial charge in [0.1, 0.15) is 0 Å². The summed E-state index contributed by atoms with van der Waals surface area (Å²) in [6.45, 7) is 3.49. The summed E-state index contributed by atoms with van der Waals surface area (Å²) in [7, 11) is 1.71. The Balaban J connectivity index is 2.35. The predicted octanol–water partition coefficient (Wildman–Crippen LogP) is 0.919. The van der Waals surface area contributed by atoms with Gasteiger partial charge in [-0.05, 0) is 19.8 Å². The molecule has 1 rings (SSSR count). The number of rotatable bonds is 4. The van der Waals surface area contributed by atoms with Crippen molar-refractivity contribution in [2.75, 3.05) is 20.3 Å². The first-order valence-corrected chi connectivity index (χ1v) is 4.57. The maximum absolute atomic E-state index is 5.62. The molecule has 1 heterocycles. The molecule has 0 aliphatic carbocycles. The summed E-state index contributed by atoms with van der Waals surface area (Å²) < 4.78 is 10.9. The molecule has 0 bridgehead atoms. The molecule has 1 fully saturated rings. The Morgan fingerprint density at radius 1 is 1.67 bits per heavy atom. The van der Waals surface area contributed by atoms with Crippen LogP contribution in [0.1, 0.15) is 26.2 Å². The highest BCUT2D eigenvalue weighted by atomic mass is 16.5. The van der Waals surface area contributed by atoms with Gasteiger partial charge in [0.2, 0.25) is 0 Å². The van der Waals surface area contributed by atoms with Crippen LogP contribution in [0.2, 0.25) is 0 Å². The van der Waals surface area contributed by atoms with E-state index in [1.807, 2.05) is 6.92 Å². The van der Waals surface area contributed by atoms with Gasteiger partial charge in [0.25, 0.3) is 0 Å². The van der Waals surface area contributed by atoms with E-state index >= 15 is 0 Å². The quantitative estimate of drug-likeness (QED) is 0.687. The van der Waals surface area contributed by atoms with Gasteiger partial charge in [-0.15, -0.1) is 0 Å². The Hall–Kier alpha value is -0.120. The summed E-state index contributed by atoms with van der Waals surface area (Å²) in [5.74, 6) is 0. The zero-order valence-corrected chi connectivity index (χ0v) is 8.01. The average molecular weight is 173 g/mol. The van der Waals surface area contributed by atoms with E-state index in [1.54, 1.807) is 7.11 Å². The average Bonchev–Trinajstić information content (AvgIpc) is 2.57. The number of hydrogen-bond acceptors (Lipinski definition) is 3. The van der Waals surface area contributed by atoms with Crippen molar-refractivity contribution in [3.05, 3.63) is 0 Å². The number of ether oxygens (including phenoxy) is 2. The molecular weight excluding hydrogens is 154 g/mol. The Kier molecular flexibility index (Phi) is 3.50. The van der Waals surface area contributed by atoms with Crippen molar-refractivity contribution in [2.45, 2.75) is 37.9 Å². The second-order valence-corrected chi connectivity index (χ2v) is 3.70. The monoisotopic (exact) mass is 173 g/mol. The molecule has 0 amide bonds. The normalized spacial score (nSPS) is 28.8. The lowest BCUT2D eigenvalue weighted by Gasteiger charge is -2.28. The van der Waals surface area contributed by atoms with Crippen molar-refractivity contribution in [1.29, 1.82) is 0 Å². The van der Waals surface area contributed by atoms with Crippen LogP contribution in [-0.2, 0) is 9.47 Å². The zero-order valence-electron chi connectivity index (χ0n) is 8.01. The minimum absolute atomic E-state index is 0.199. The molecule has 2 N–H and O–H groups in total. The van der Waals surface area contributed by atoms with E-state index in [0.717, 1.165) is 19.4 Å². The van der Waals surface area contributed by atoms with Gasteiger partial charge < -0.3 is 15.2 Å². The van der Waals surface area contributed by atoms with Crippen LogP contribution in [0.25, 0.3) is 0 Å². The molecule has 1 saturated heterocycles. The first kappa shape index (κ1) is 9.96. The van der Waals surface area contributed by atoms with E-state index in [9.17, 15) is 0 Å². The molecule has 1 aliphatic rings. The maximum atomic E-state index is 5.62. The van der Waals surface area contributed by atoms with Crippen LogP contribution in [-0.4, -0.2) is 32.0 Å². The lowest BCUT2D eigenvalue weighted by atomic mass is 9.97. The van der Waals surface area contributed by atoms with E-state index in [2.05, 4.69) is 0 Å². The van der Waals surface area contributed by atoms with Crippen LogP contribution in [0.15, 0.2) is 0 Å². The minimum Gasteiger partial charge on any atom is -0.378 e. The van der Waals surface area contributed by atoms with Gasteiger partial charge in [0, 0.05) is 26.7 Å². The van der Waals surface area contributed by atoms with Gasteiger partial charge >= 0.3 is 0 Å². The predicted molar refractivity (Wildman–Crippen MR) is 48.1 cm³/mol. The Bertz CT molecular complexity index is 128. The van der Waals surface area contributed by atoms with Crippen molar-refractivity contribution >= 4 is 0 Å². The van der Waals surface area contributed by atoms with Crippen LogP contribution in [0.5, 0.6) is 0 Å². The zero-order chi connectivity index (χ0) is 9.03. The molecule has 72 valence electrons. The summed E-state index contributed by atoms with van der Waals surface area (Å²) in [4.78, 5) is 0. The Morgan fingerprint density at radius 2 is 2.42 bits per heavy atom. The molecule has 0 aromatic carbocycles. The van der Waals surface area contributed by atoms with Crippen molar-refractivity contribution in [3.8, 4) is 0 Å². The van der Waals surface area contributed by atoms with Gasteiger partial charge in [0.05, 0.1) is 11.7 Å². The highest BCUT2D eigenvalue weighted by molar-refractivity contribution is 4.81. The highest BCUT2D eigenvalue weighted by Crippen LogP contribution is 2.23. The van der Waals surface area contributed by atoms with Crippen LogP contribution in [0, 0.1) is 0 Å². The molecule has 0 saturated carbocycles. The molecule has 0 radical (unpaired) electrons. The summed E-state index contributed by atoms with van der Waals surface area (Å²) in [6, 6.07) is 0. The largest absolute Gasteiger partial charge is 0.378 e. The lowest BCUT2D eigenvalue weighted by molar-refractivity contribution is -0.0328. The van der Waals surface area contributed by atoms with Gasteiger partial charge in [-0.2, -0.15) is 0 Å². The molecule has 3 heteroatoms. The van der Waals surface area contributed by atoms with Crippen LogP contribution < -0.4 is 5.73 Å². The topological polar surface area (TPSA) is 44.5 Å². The number of hydrogen-bond donors (Lipinski definition) is 1. The van der Waals surface area contributed by atoms with E-state index in [0.29, 0.717) is 12.6 Å². The molecule has 3 nitrogen and oxygen atoms in total. The van der Waals surface area contributed by atoms with Crippen LogP contribution >= 0.6 is 0 Å². The standard InChI is InChI=1S/C9H19NO2/c1-9(7-10,11-2)6-8-4-3-5-12-8/h8H,3-7,10H2,1-2H3. The van der Waals surface area contributed by atoms with Gasteiger partial charge in [-0.3, -0.25) is 0 Å².